The Balaban J connectivity index is 2.16. The zero-order valence-electron chi connectivity index (χ0n) is 19.4. The quantitative estimate of drug-likeness (QED) is 0.568. The highest BCUT2D eigenvalue weighted by molar-refractivity contribution is 5.81. The van der Waals surface area contributed by atoms with E-state index in [0.717, 1.165) is 36.4 Å². The molecule has 0 saturated carbocycles. The van der Waals surface area contributed by atoms with Crippen molar-refractivity contribution in [2.45, 2.75) is 60.9 Å². The van der Waals surface area contributed by atoms with E-state index in [4.69, 9.17) is 4.98 Å². The number of hydrogen-bond acceptors (Lipinski definition) is 3. The fraction of sp³-hybridized carbons (Fsp3) is 0.625. The molecule has 6 heteroatoms. The van der Waals surface area contributed by atoms with Crippen LogP contribution < -0.4 is 5.32 Å². The number of nitrogens with zero attached hydrogens (tertiary/aromatic N) is 3. The summed E-state index contributed by atoms with van der Waals surface area (Å²) >= 11 is 0. The molecule has 0 spiro atoms. The van der Waals surface area contributed by atoms with Crippen molar-refractivity contribution in [3.8, 4) is 0 Å². The number of fused-ring (bicyclic) bond motifs is 1. The molecule has 0 aliphatic carbocycles. The van der Waals surface area contributed by atoms with Crippen LogP contribution in [0.15, 0.2) is 24.3 Å². The van der Waals surface area contributed by atoms with Gasteiger partial charge in [0.25, 0.3) is 0 Å². The first-order valence-corrected chi connectivity index (χ1v) is 11.2. The number of aryl methyl sites for hydroxylation is 1. The summed E-state index contributed by atoms with van der Waals surface area (Å²) < 4.78 is 2.05. The molecule has 0 atom stereocenters. The molecule has 0 fully saturated rings. The highest BCUT2D eigenvalue weighted by atomic mass is 16.2. The van der Waals surface area contributed by atoms with E-state index < -0.39 is 0 Å². The van der Waals surface area contributed by atoms with Crippen molar-refractivity contribution >= 4 is 22.8 Å². The van der Waals surface area contributed by atoms with Crippen molar-refractivity contribution in [3.05, 3.63) is 30.1 Å². The molecule has 2 aromatic rings. The topological polar surface area (TPSA) is 67.2 Å². The maximum Gasteiger partial charge on any atom is 0.242 e. The van der Waals surface area contributed by atoms with E-state index in [0.29, 0.717) is 31.3 Å². The van der Waals surface area contributed by atoms with Crippen molar-refractivity contribution in [2.24, 2.45) is 17.8 Å². The number of carbonyl (C=O) groups is 2. The summed E-state index contributed by atoms with van der Waals surface area (Å²) in [6, 6.07) is 7.96. The SMILES string of the molecule is CC(C)CN(CC(C)C)C(=O)Cn1c(CCCNC(=O)C(C)C)nc2ccccc21. The minimum Gasteiger partial charge on any atom is -0.356 e. The Labute approximate surface area is 181 Å². The van der Waals surface area contributed by atoms with Gasteiger partial charge in [0.2, 0.25) is 11.8 Å². The molecule has 0 aliphatic heterocycles. The van der Waals surface area contributed by atoms with Gasteiger partial charge < -0.3 is 14.8 Å². The van der Waals surface area contributed by atoms with Gasteiger partial charge in [-0.3, -0.25) is 9.59 Å². The van der Waals surface area contributed by atoms with Crippen LogP contribution in [0.5, 0.6) is 0 Å². The number of benzene rings is 1. The summed E-state index contributed by atoms with van der Waals surface area (Å²) in [5, 5.41) is 2.96. The van der Waals surface area contributed by atoms with Crippen LogP contribution in [0.4, 0.5) is 0 Å². The van der Waals surface area contributed by atoms with Crippen LogP contribution in [0.1, 0.15) is 53.8 Å². The van der Waals surface area contributed by atoms with Crippen LogP contribution in [0, 0.1) is 17.8 Å². The molecule has 1 aromatic carbocycles. The Morgan fingerprint density at radius 1 is 1.03 bits per heavy atom. The molecule has 6 nitrogen and oxygen atoms in total. The average molecular weight is 415 g/mol. The molecular weight excluding hydrogens is 376 g/mol. The Bertz CT molecular complexity index is 829. The van der Waals surface area contributed by atoms with Crippen LogP contribution in [-0.4, -0.2) is 45.9 Å². The lowest BCUT2D eigenvalue weighted by atomic mass is 10.1. The molecule has 0 radical (unpaired) electrons. The summed E-state index contributed by atoms with van der Waals surface area (Å²) in [5.41, 5.74) is 1.90. The van der Waals surface area contributed by atoms with E-state index in [1.165, 1.54) is 0 Å². The van der Waals surface area contributed by atoms with Gasteiger partial charge in [0.1, 0.15) is 12.4 Å². The second-order valence-corrected chi connectivity index (χ2v) is 9.24. The van der Waals surface area contributed by atoms with Gasteiger partial charge in [-0.15, -0.1) is 0 Å². The van der Waals surface area contributed by atoms with Crippen molar-refractivity contribution in [2.75, 3.05) is 19.6 Å². The molecule has 0 unspecified atom stereocenters. The molecule has 1 N–H and O–H groups in total. The first-order chi connectivity index (χ1) is 14.2. The Morgan fingerprint density at radius 3 is 2.27 bits per heavy atom. The molecule has 1 aromatic heterocycles. The molecule has 2 amide bonds. The minimum atomic E-state index is -0.0138. The predicted octanol–water partition coefficient (Wildman–Crippen LogP) is 3.88. The van der Waals surface area contributed by atoms with E-state index in [2.05, 4.69) is 37.6 Å². The number of imidazole rings is 1. The lowest BCUT2D eigenvalue weighted by molar-refractivity contribution is -0.133. The third-order valence-electron chi connectivity index (χ3n) is 4.95. The first-order valence-electron chi connectivity index (χ1n) is 11.2. The lowest BCUT2D eigenvalue weighted by Crippen LogP contribution is -2.39. The number of nitrogens with one attached hydrogen (secondary N) is 1. The van der Waals surface area contributed by atoms with Crippen LogP contribution in [0.2, 0.25) is 0 Å². The fourth-order valence-corrected chi connectivity index (χ4v) is 3.55. The van der Waals surface area contributed by atoms with Crippen molar-refractivity contribution < 1.29 is 9.59 Å². The summed E-state index contributed by atoms with van der Waals surface area (Å²) in [6.07, 6.45) is 1.51. The second-order valence-electron chi connectivity index (χ2n) is 9.24. The van der Waals surface area contributed by atoms with Crippen molar-refractivity contribution in [1.29, 1.82) is 0 Å². The van der Waals surface area contributed by atoms with Gasteiger partial charge in [-0.05, 0) is 30.4 Å². The number of aromatic nitrogens is 2. The molecule has 0 saturated heterocycles. The Kier molecular flexibility index (Phi) is 8.88. The van der Waals surface area contributed by atoms with Gasteiger partial charge in [0, 0.05) is 32.0 Å². The monoisotopic (exact) mass is 414 g/mol. The van der Waals surface area contributed by atoms with E-state index in [1.807, 2.05) is 43.0 Å². The van der Waals surface area contributed by atoms with Crippen LogP contribution in [-0.2, 0) is 22.6 Å². The van der Waals surface area contributed by atoms with E-state index in [1.54, 1.807) is 0 Å². The summed E-state index contributed by atoms with van der Waals surface area (Å²) in [7, 11) is 0. The van der Waals surface area contributed by atoms with Gasteiger partial charge in [0.05, 0.1) is 11.0 Å². The van der Waals surface area contributed by atoms with Gasteiger partial charge in [0.15, 0.2) is 0 Å². The normalized spacial score (nSPS) is 11.6. The highest BCUT2D eigenvalue weighted by Crippen LogP contribution is 2.18. The third kappa shape index (κ3) is 6.85. The minimum absolute atomic E-state index is 0.0138. The van der Waals surface area contributed by atoms with Crippen LogP contribution >= 0.6 is 0 Å². The zero-order valence-corrected chi connectivity index (χ0v) is 19.4. The summed E-state index contributed by atoms with van der Waals surface area (Å²) in [5.74, 6) is 1.94. The van der Waals surface area contributed by atoms with Crippen molar-refractivity contribution in [3.63, 3.8) is 0 Å². The van der Waals surface area contributed by atoms with Gasteiger partial charge in [-0.2, -0.15) is 0 Å². The van der Waals surface area contributed by atoms with Gasteiger partial charge >= 0.3 is 0 Å². The lowest BCUT2D eigenvalue weighted by Gasteiger charge is -2.27. The molecule has 0 bridgehead atoms. The molecular formula is C24H38N4O2. The third-order valence-corrected chi connectivity index (χ3v) is 4.95. The molecule has 30 heavy (non-hydrogen) atoms. The molecule has 0 aliphatic rings. The Hall–Kier alpha value is -2.37. The average Bonchev–Trinajstić information content (AvgIpc) is 3.01. The maximum absolute atomic E-state index is 13.2. The van der Waals surface area contributed by atoms with E-state index >= 15 is 0 Å². The largest absolute Gasteiger partial charge is 0.356 e. The zero-order chi connectivity index (χ0) is 22.3. The highest BCUT2D eigenvalue weighted by Gasteiger charge is 2.20. The number of carbonyl (C=O) groups excluding carboxylic acids is 2. The summed E-state index contributed by atoms with van der Waals surface area (Å²) in [4.78, 5) is 31.7. The number of rotatable bonds is 11. The molecule has 1 heterocycles. The van der Waals surface area contributed by atoms with Crippen LogP contribution in [0.3, 0.4) is 0 Å². The Morgan fingerprint density at radius 2 is 1.67 bits per heavy atom. The standard InChI is InChI=1S/C24H38N4O2/c1-17(2)14-27(15-18(3)4)23(29)16-28-21-11-8-7-10-20(21)26-22(28)12-9-13-25-24(30)19(5)6/h7-8,10-11,17-19H,9,12-16H2,1-6H3,(H,25,30). The van der Waals surface area contributed by atoms with E-state index in [9.17, 15) is 9.59 Å². The van der Waals surface area contributed by atoms with Crippen molar-refractivity contribution in [1.82, 2.24) is 19.8 Å². The summed E-state index contributed by atoms with van der Waals surface area (Å²) in [6.45, 7) is 14.8. The number of para-hydroxylation sites is 2. The number of amides is 2. The first kappa shape index (κ1) is 23.9. The smallest absolute Gasteiger partial charge is 0.242 e. The maximum atomic E-state index is 13.2. The number of hydrogen-bond donors (Lipinski definition) is 1. The predicted molar refractivity (Wildman–Crippen MR) is 122 cm³/mol. The van der Waals surface area contributed by atoms with E-state index in [-0.39, 0.29) is 17.7 Å². The fourth-order valence-electron chi connectivity index (χ4n) is 3.55. The molecule has 166 valence electrons. The second kappa shape index (κ2) is 11.1. The van der Waals surface area contributed by atoms with Gasteiger partial charge in [-0.25, -0.2) is 4.98 Å². The van der Waals surface area contributed by atoms with Crippen LogP contribution in [0.25, 0.3) is 11.0 Å². The van der Waals surface area contributed by atoms with Gasteiger partial charge in [-0.1, -0.05) is 53.7 Å². The molecule has 2 rings (SSSR count).